The van der Waals surface area contributed by atoms with Crippen LogP contribution in [-0.4, -0.2) is 85.7 Å². The van der Waals surface area contributed by atoms with Crippen LogP contribution in [-0.2, 0) is 19.2 Å². The number of fused-ring (bicyclic) bond motifs is 3. The average molecular weight is 670 g/mol. The van der Waals surface area contributed by atoms with Gasteiger partial charge in [-0.2, -0.15) is 0 Å². The van der Waals surface area contributed by atoms with E-state index in [2.05, 4.69) is 12.2 Å². The normalized spacial score (nSPS) is 26.8. The summed E-state index contributed by atoms with van der Waals surface area (Å²) < 4.78 is 0. The van der Waals surface area contributed by atoms with Crippen molar-refractivity contribution in [2.24, 2.45) is 17.6 Å². The Morgan fingerprint density at radius 1 is 0.938 bits per heavy atom. The topological polar surface area (TPSA) is 211 Å². The standard InChI is InChI=1S/C36H51N3O9/c1-5-6-7-8-9-10-11-12-13-14-15-16-22(40)38-21-18-17-20-19(2)23-25(30(42)24(20)29(21)41)33(45)36(48)27(31(23)43)28(39(3)4)32(44)26(34(36)46)35(37)47/h17-19,23,27-28,31,41-43,46,48H,5-16H2,1-4H3,(H2,37,47)(H,38,40)/t19-,23?,27?,28-,31-,36-/m0/s1. The first-order valence-electron chi connectivity index (χ1n) is 17.2. The number of nitrogens with zero attached hydrogens (tertiary/aromatic N) is 1. The molecular weight excluding hydrogens is 618 g/mol. The number of carbonyl (C=O) groups is 4. The maximum atomic E-state index is 14.1. The molecule has 1 aromatic carbocycles. The molecule has 1 aromatic rings. The highest BCUT2D eigenvalue weighted by atomic mass is 16.4. The van der Waals surface area contributed by atoms with Gasteiger partial charge >= 0.3 is 0 Å². The van der Waals surface area contributed by atoms with Gasteiger partial charge in [-0.1, -0.05) is 84.1 Å². The van der Waals surface area contributed by atoms with E-state index in [0.717, 1.165) is 19.3 Å². The number of benzene rings is 1. The highest BCUT2D eigenvalue weighted by Crippen LogP contribution is 2.56. The number of phenols is 1. The molecule has 0 saturated heterocycles. The third-order valence-corrected chi connectivity index (χ3v) is 10.4. The number of rotatable bonds is 15. The van der Waals surface area contributed by atoms with Crippen LogP contribution < -0.4 is 11.1 Å². The number of likely N-dealkylation sites (N-methyl/N-ethyl adjacent to an activating group) is 1. The fourth-order valence-electron chi connectivity index (χ4n) is 7.88. The first-order valence-corrected chi connectivity index (χ1v) is 17.2. The van der Waals surface area contributed by atoms with Crippen LogP contribution in [0.4, 0.5) is 5.69 Å². The Morgan fingerprint density at radius 3 is 2.04 bits per heavy atom. The number of aliphatic hydroxyl groups is 4. The highest BCUT2D eigenvalue weighted by molar-refractivity contribution is 6.24. The van der Waals surface area contributed by atoms with E-state index >= 15 is 0 Å². The van der Waals surface area contributed by atoms with Crippen LogP contribution in [0.5, 0.6) is 5.75 Å². The van der Waals surface area contributed by atoms with Crippen LogP contribution in [0.3, 0.4) is 0 Å². The molecule has 0 aliphatic heterocycles. The summed E-state index contributed by atoms with van der Waals surface area (Å²) in [6, 6.07) is 1.63. The van der Waals surface area contributed by atoms with Crippen LogP contribution in [0.2, 0.25) is 0 Å². The number of hydrogen-bond acceptors (Lipinski definition) is 10. The minimum atomic E-state index is -2.99. The van der Waals surface area contributed by atoms with Crippen LogP contribution in [0, 0.1) is 11.8 Å². The minimum Gasteiger partial charge on any atom is -0.508 e. The lowest BCUT2D eigenvalue weighted by molar-refractivity contribution is -0.169. The Morgan fingerprint density at radius 2 is 1.50 bits per heavy atom. The van der Waals surface area contributed by atoms with Crippen LogP contribution in [0.25, 0.3) is 5.76 Å². The average Bonchev–Trinajstić information content (AvgIpc) is 3.02. The van der Waals surface area contributed by atoms with Gasteiger partial charge in [-0.05, 0) is 38.1 Å². The first-order chi connectivity index (χ1) is 22.7. The van der Waals surface area contributed by atoms with Crippen molar-refractivity contribution in [3.05, 3.63) is 40.2 Å². The molecule has 0 radical (unpaired) electrons. The Balaban J connectivity index is 1.54. The summed E-state index contributed by atoms with van der Waals surface area (Å²) in [5.41, 5.74) is 1.12. The molecular formula is C36H51N3O9. The maximum Gasteiger partial charge on any atom is 0.255 e. The smallest absolute Gasteiger partial charge is 0.255 e. The summed E-state index contributed by atoms with van der Waals surface area (Å²) in [5.74, 6) is -9.96. The van der Waals surface area contributed by atoms with E-state index in [9.17, 15) is 44.7 Å². The third-order valence-electron chi connectivity index (χ3n) is 10.4. The quantitative estimate of drug-likeness (QED) is 0.0806. The fraction of sp³-hybridized carbons (Fsp3) is 0.611. The van der Waals surface area contributed by atoms with Crippen molar-refractivity contribution < 1.29 is 44.7 Å². The number of anilines is 1. The second-order valence-corrected chi connectivity index (χ2v) is 13.8. The number of nitrogens with one attached hydrogen (secondary N) is 1. The molecule has 3 aliphatic rings. The Bertz CT molecular complexity index is 1500. The molecule has 48 heavy (non-hydrogen) atoms. The summed E-state index contributed by atoms with van der Waals surface area (Å²) >= 11 is 0. The van der Waals surface area contributed by atoms with Crippen molar-refractivity contribution in [1.29, 1.82) is 0 Å². The number of primary amides is 1. The highest BCUT2D eigenvalue weighted by Gasteiger charge is 2.68. The van der Waals surface area contributed by atoms with Crippen molar-refractivity contribution >= 4 is 34.8 Å². The zero-order chi connectivity index (χ0) is 35.5. The third kappa shape index (κ3) is 6.62. The van der Waals surface area contributed by atoms with Crippen molar-refractivity contribution in [2.45, 2.75) is 115 Å². The molecule has 1 saturated carbocycles. The molecule has 12 heteroatoms. The lowest BCUT2D eigenvalue weighted by Crippen LogP contribution is -2.70. The molecule has 8 N–H and O–H groups in total. The second-order valence-electron chi connectivity index (χ2n) is 13.8. The number of Topliss-reactive ketones (excluding diaryl/α,β-unsaturated/α-hetero) is 2. The van der Waals surface area contributed by atoms with Gasteiger partial charge in [0.2, 0.25) is 11.7 Å². The number of amides is 2. The zero-order valence-corrected chi connectivity index (χ0v) is 28.4. The summed E-state index contributed by atoms with van der Waals surface area (Å²) in [6.07, 6.45) is 11.1. The molecule has 12 nitrogen and oxygen atoms in total. The Labute approximate surface area is 281 Å². The van der Waals surface area contributed by atoms with E-state index in [0.29, 0.717) is 12.0 Å². The van der Waals surface area contributed by atoms with Gasteiger partial charge in [0, 0.05) is 17.9 Å². The number of phenolic OH excluding ortho intramolecular Hbond substituents is 1. The molecule has 4 rings (SSSR count). The van der Waals surface area contributed by atoms with Gasteiger partial charge in [0.15, 0.2) is 11.4 Å². The Kier molecular flexibility index (Phi) is 11.8. The van der Waals surface area contributed by atoms with Gasteiger partial charge in [0.1, 0.15) is 22.8 Å². The van der Waals surface area contributed by atoms with Gasteiger partial charge in [0.25, 0.3) is 5.91 Å². The number of carbonyl (C=O) groups excluding carboxylic acids is 4. The van der Waals surface area contributed by atoms with Crippen molar-refractivity contribution in [3.8, 4) is 5.75 Å². The SMILES string of the molecule is CCCCCCCCCCCCCC(=O)Nc1ccc2c(c1O)C(O)=C1C(=O)[C@]3(O)C(O)=C(C(N)=O)C(=O)[C@@H](N(C)C)C3[C@@H](O)C1[C@H]2C. The summed E-state index contributed by atoms with van der Waals surface area (Å²) in [6.45, 7) is 3.86. The molecule has 0 aromatic heterocycles. The van der Waals surface area contributed by atoms with Crippen molar-refractivity contribution in [1.82, 2.24) is 4.90 Å². The summed E-state index contributed by atoms with van der Waals surface area (Å²) in [7, 11) is 2.91. The molecule has 2 amide bonds. The number of unbranched alkanes of at least 4 members (excludes halogenated alkanes) is 10. The number of aliphatic hydroxyl groups excluding tert-OH is 3. The second kappa shape index (κ2) is 15.2. The summed E-state index contributed by atoms with van der Waals surface area (Å²) in [4.78, 5) is 53.7. The van der Waals surface area contributed by atoms with Crippen LogP contribution in [0.15, 0.2) is 29.0 Å². The van der Waals surface area contributed by atoms with Crippen LogP contribution in [0.1, 0.15) is 108 Å². The number of nitrogens with two attached hydrogens (primary N) is 1. The van der Waals surface area contributed by atoms with E-state index in [-0.39, 0.29) is 23.6 Å². The monoisotopic (exact) mass is 669 g/mol. The number of aromatic hydroxyl groups is 1. The molecule has 0 heterocycles. The number of hydrogen-bond donors (Lipinski definition) is 7. The van der Waals surface area contributed by atoms with Gasteiger partial charge in [-0.3, -0.25) is 24.1 Å². The minimum absolute atomic E-state index is 0.00899. The van der Waals surface area contributed by atoms with Gasteiger partial charge in [0.05, 0.1) is 29.3 Å². The summed E-state index contributed by atoms with van der Waals surface area (Å²) in [5, 5.41) is 60.0. The van der Waals surface area contributed by atoms with Crippen molar-refractivity contribution in [3.63, 3.8) is 0 Å². The molecule has 2 unspecified atom stereocenters. The molecule has 264 valence electrons. The molecule has 0 spiro atoms. The predicted octanol–water partition coefficient (Wildman–Crippen LogP) is 4.14. The van der Waals surface area contributed by atoms with Gasteiger partial charge in [-0.25, -0.2) is 0 Å². The lowest BCUT2D eigenvalue weighted by Gasteiger charge is -2.53. The van der Waals surface area contributed by atoms with Crippen molar-refractivity contribution in [2.75, 3.05) is 19.4 Å². The fourth-order valence-corrected chi connectivity index (χ4v) is 7.88. The lowest BCUT2D eigenvalue weighted by atomic mass is 9.54. The molecule has 0 bridgehead atoms. The van der Waals surface area contributed by atoms with E-state index in [1.165, 1.54) is 70.0 Å². The van der Waals surface area contributed by atoms with Crippen LogP contribution >= 0.6 is 0 Å². The zero-order valence-electron chi connectivity index (χ0n) is 28.4. The first kappa shape index (κ1) is 37.1. The predicted molar refractivity (Wildman–Crippen MR) is 180 cm³/mol. The van der Waals surface area contributed by atoms with E-state index < -0.39 is 81.4 Å². The van der Waals surface area contributed by atoms with E-state index in [4.69, 9.17) is 5.73 Å². The number of ketones is 2. The van der Waals surface area contributed by atoms with E-state index in [1.54, 1.807) is 13.0 Å². The molecule has 3 aliphatic carbocycles. The Hall–Kier alpha value is -3.74. The molecule has 6 atom stereocenters. The van der Waals surface area contributed by atoms with Gasteiger partial charge in [-0.15, -0.1) is 0 Å². The van der Waals surface area contributed by atoms with Gasteiger partial charge < -0.3 is 36.6 Å². The molecule has 1 fully saturated rings. The van der Waals surface area contributed by atoms with E-state index in [1.807, 2.05) is 0 Å². The largest absolute Gasteiger partial charge is 0.508 e. The maximum absolute atomic E-state index is 14.1.